The van der Waals surface area contributed by atoms with Crippen molar-refractivity contribution >= 4 is 11.6 Å². The van der Waals surface area contributed by atoms with E-state index < -0.39 is 0 Å². The Kier molecular flexibility index (Phi) is 16.1. The summed E-state index contributed by atoms with van der Waals surface area (Å²) in [7, 11) is 0. The first-order chi connectivity index (χ1) is 1.91. The molecule has 0 saturated heterocycles. The smallest absolute Gasteiger partial charge is 0.244 e. The Hall–Kier alpha value is 0.562. The van der Waals surface area contributed by atoms with Crippen molar-refractivity contribution in [1.82, 2.24) is 0 Å². The van der Waals surface area contributed by atoms with Crippen LogP contribution in [0.2, 0.25) is 0 Å². The molecule has 0 atom stereocenters. The molecule has 5 heavy (non-hydrogen) atoms. The van der Waals surface area contributed by atoms with Crippen molar-refractivity contribution in [2.45, 2.75) is 0 Å². The number of hydrogen-bond acceptors (Lipinski definition) is 0. The van der Waals surface area contributed by atoms with Crippen molar-refractivity contribution in [2.24, 2.45) is 0 Å². The van der Waals surface area contributed by atoms with Crippen LogP contribution >= 0.6 is 11.6 Å². The molecule has 0 aromatic heterocycles. The summed E-state index contributed by atoms with van der Waals surface area (Å²) in [6, 6.07) is 0. The second-order valence-electron chi connectivity index (χ2n) is 0.362. The van der Waals surface area contributed by atoms with Gasteiger partial charge in [0.05, 0.1) is 0 Å². The Labute approximate surface area is 50.9 Å². The number of rotatable bonds is 0. The predicted octanol–water partition coefficient (Wildman–Crippen LogP) is 1.57. The van der Waals surface area contributed by atoms with Crippen molar-refractivity contribution in [3.05, 3.63) is 18.5 Å². The van der Waals surface area contributed by atoms with Gasteiger partial charge in [-0.2, -0.15) is 0 Å². The van der Waals surface area contributed by atoms with E-state index >= 15 is 0 Å². The zero-order valence-electron chi connectivity index (χ0n) is 2.56. The number of halogens is 1. The van der Waals surface area contributed by atoms with Crippen LogP contribution in [0.15, 0.2) is 11.6 Å². The molecule has 0 rings (SSSR count). The summed E-state index contributed by atoms with van der Waals surface area (Å²) in [4.78, 5) is 0. The van der Waals surface area contributed by atoms with E-state index in [1.54, 1.807) is 0 Å². The van der Waals surface area contributed by atoms with Crippen molar-refractivity contribution in [3.63, 3.8) is 0 Å². The van der Waals surface area contributed by atoms with Crippen molar-refractivity contribution < 1.29 is 20.4 Å². The van der Waals surface area contributed by atoms with Gasteiger partial charge in [0.15, 0.2) is 0 Å². The molecular weight excluding hydrogens is 178 g/mol. The summed E-state index contributed by atoms with van der Waals surface area (Å²) in [5, 5.41) is 0. The van der Waals surface area contributed by atoms with E-state index in [-0.39, 0.29) is 20.4 Å². The third kappa shape index (κ3) is 12.3. The van der Waals surface area contributed by atoms with Crippen LogP contribution in [-0.4, -0.2) is 0 Å². The molecule has 0 bridgehead atoms. The molecule has 0 amide bonds. The standard InChI is InChI=1S/C3H4Cl.Pd/c1-2-3-4;/h2-3H,1H2;/q-1;+2. The maximum atomic E-state index is 4.94. The van der Waals surface area contributed by atoms with Crippen LogP contribution in [0.5, 0.6) is 0 Å². The molecule has 0 aromatic rings. The molecular formula is C3H4ClPd+. The first-order valence-electron chi connectivity index (χ1n) is 0.960. The molecule has 0 saturated carbocycles. The van der Waals surface area contributed by atoms with Gasteiger partial charge >= 0.3 is 20.4 Å². The Morgan fingerprint density at radius 1 is 1.60 bits per heavy atom. The second-order valence-corrected chi connectivity index (χ2v) is 0.614. The predicted molar refractivity (Wildman–Crippen MR) is 20.3 cm³/mol. The van der Waals surface area contributed by atoms with Crippen LogP contribution in [-0.2, 0) is 20.4 Å². The number of hydrogen-bond donors (Lipinski definition) is 0. The Morgan fingerprint density at radius 3 is 1.80 bits per heavy atom. The summed E-state index contributed by atoms with van der Waals surface area (Å²) in [6.45, 7) is 3.29. The van der Waals surface area contributed by atoms with Gasteiger partial charge in [-0.3, -0.25) is 0 Å². The van der Waals surface area contributed by atoms with Crippen LogP contribution in [0.1, 0.15) is 0 Å². The van der Waals surface area contributed by atoms with E-state index in [9.17, 15) is 0 Å². The van der Waals surface area contributed by atoms with Gasteiger partial charge in [0.1, 0.15) is 0 Å². The third-order valence-corrected chi connectivity index (χ3v) is 0.267. The monoisotopic (exact) mass is 181 g/mol. The summed E-state index contributed by atoms with van der Waals surface area (Å²) in [6.07, 6.45) is 1.52. The van der Waals surface area contributed by atoms with Gasteiger partial charge in [-0.1, -0.05) is 0 Å². The SMILES string of the molecule is [CH2-]C=CCl.[Pd+2]. The normalized spacial score (nSPS) is 7.40. The molecule has 0 heterocycles. The molecule has 0 aromatic carbocycles. The molecule has 0 fully saturated rings. The van der Waals surface area contributed by atoms with Gasteiger partial charge in [-0.05, 0) is 0 Å². The molecule has 2 heteroatoms. The fourth-order valence-electron chi connectivity index (χ4n) is 0. The maximum Gasteiger partial charge on any atom is 2.00 e. The van der Waals surface area contributed by atoms with Gasteiger partial charge < -0.3 is 0 Å². The van der Waals surface area contributed by atoms with Crippen molar-refractivity contribution in [1.29, 1.82) is 0 Å². The molecule has 0 aliphatic carbocycles. The van der Waals surface area contributed by atoms with E-state index in [0.29, 0.717) is 0 Å². The topological polar surface area (TPSA) is 0 Å². The van der Waals surface area contributed by atoms with E-state index in [4.69, 9.17) is 11.6 Å². The van der Waals surface area contributed by atoms with Gasteiger partial charge in [0.2, 0.25) is 0 Å². The first kappa shape index (κ1) is 9.12. The Balaban J connectivity index is 0. The van der Waals surface area contributed by atoms with Crippen LogP contribution in [0.4, 0.5) is 0 Å². The van der Waals surface area contributed by atoms with Crippen LogP contribution in [0.25, 0.3) is 0 Å². The quantitative estimate of drug-likeness (QED) is 0.394. The van der Waals surface area contributed by atoms with E-state index in [1.165, 1.54) is 11.6 Å². The molecule has 0 spiro atoms. The fourth-order valence-corrected chi connectivity index (χ4v) is 0. The molecule has 0 nitrogen and oxygen atoms in total. The average Bonchev–Trinajstić information content (AvgIpc) is 1.37. The first-order valence-corrected chi connectivity index (χ1v) is 1.40. The minimum Gasteiger partial charge on any atom is -0.244 e. The van der Waals surface area contributed by atoms with Gasteiger partial charge in [0, 0.05) is 0 Å². The molecule has 0 N–H and O–H groups in total. The van der Waals surface area contributed by atoms with Crippen LogP contribution in [0, 0.1) is 6.92 Å². The van der Waals surface area contributed by atoms with Crippen molar-refractivity contribution in [3.8, 4) is 0 Å². The molecule has 32 valence electrons. The van der Waals surface area contributed by atoms with Gasteiger partial charge in [0.25, 0.3) is 0 Å². The fraction of sp³-hybridized carbons (Fsp3) is 0. The average molecular weight is 182 g/mol. The molecule has 0 aliphatic rings. The zero-order chi connectivity index (χ0) is 3.41. The summed E-state index contributed by atoms with van der Waals surface area (Å²) >= 11 is 4.94. The summed E-state index contributed by atoms with van der Waals surface area (Å²) in [5.74, 6) is 0. The Morgan fingerprint density at radius 2 is 1.80 bits per heavy atom. The minimum atomic E-state index is 0. The van der Waals surface area contributed by atoms with Crippen LogP contribution in [0.3, 0.4) is 0 Å². The van der Waals surface area contributed by atoms with E-state index in [0.717, 1.165) is 0 Å². The van der Waals surface area contributed by atoms with E-state index in [2.05, 4.69) is 6.92 Å². The molecule has 0 unspecified atom stereocenters. The third-order valence-electron chi connectivity index (χ3n) is 0.0891. The molecule has 0 aliphatic heterocycles. The Bertz CT molecular complexity index is 22.1. The van der Waals surface area contributed by atoms with Crippen LogP contribution < -0.4 is 0 Å². The largest absolute Gasteiger partial charge is 2.00 e. The second kappa shape index (κ2) is 8.82. The summed E-state index contributed by atoms with van der Waals surface area (Å²) in [5.41, 5.74) is 1.36. The molecule has 0 radical (unpaired) electrons. The van der Waals surface area contributed by atoms with Gasteiger partial charge in [-0.15, -0.1) is 5.54 Å². The maximum absolute atomic E-state index is 4.94. The zero-order valence-corrected chi connectivity index (χ0v) is 4.87. The van der Waals surface area contributed by atoms with Gasteiger partial charge in [-0.25, -0.2) is 24.6 Å². The minimum absolute atomic E-state index is 0. The number of allylic oxidation sites excluding steroid dienone is 1. The van der Waals surface area contributed by atoms with Crippen molar-refractivity contribution in [2.75, 3.05) is 0 Å². The summed E-state index contributed by atoms with van der Waals surface area (Å²) < 4.78 is 0. The van der Waals surface area contributed by atoms with E-state index in [1.807, 2.05) is 0 Å².